The Bertz CT molecular complexity index is 3080. The quantitative estimate of drug-likeness (QED) is 0.0847. The Kier molecular flexibility index (Phi) is 88.7. The fourth-order valence-corrected chi connectivity index (χ4v) is 6.17. The molecule has 0 aliphatic heterocycles. The second-order valence-corrected chi connectivity index (χ2v) is 16.3. The van der Waals surface area contributed by atoms with Gasteiger partial charge in [-0.25, -0.2) is 0 Å². The summed E-state index contributed by atoms with van der Waals surface area (Å²) >= 11 is 0. The Labute approximate surface area is 645 Å². The first kappa shape index (κ1) is 124. The van der Waals surface area contributed by atoms with Gasteiger partial charge in [0.1, 0.15) is 0 Å². The van der Waals surface area contributed by atoms with Gasteiger partial charge < -0.3 is 138 Å². The van der Waals surface area contributed by atoms with Gasteiger partial charge in [-0.1, -0.05) is 72.8 Å². The number of hydrogen-bond acceptors (Lipinski definition) is 24. The Balaban J connectivity index is -0.0000000828. The van der Waals surface area contributed by atoms with Crippen LogP contribution in [-0.2, 0) is 112 Å². The number of carbonyl (C=O) groups excluding carboxylic acids is 6. The topological polar surface area (TPSA) is 776 Å². The molecule has 0 amide bonds. The zero-order valence-corrected chi connectivity index (χ0v) is 59.6. The molecule has 0 aromatic carbocycles. The van der Waals surface area contributed by atoms with E-state index >= 15 is 0 Å². The smallest absolute Gasteiger partial charge is 2.00 e. The molecule has 12 rings (SSSR count). The molecule has 106 heavy (non-hydrogen) atoms. The van der Waals surface area contributed by atoms with Gasteiger partial charge in [-0.05, 0) is 146 Å². The third kappa shape index (κ3) is 53.0. The van der Waals surface area contributed by atoms with Gasteiger partial charge >= 0.3 is 33.0 Å². The molecule has 40 heteroatoms. The molecule has 0 aliphatic rings. The van der Waals surface area contributed by atoms with E-state index in [2.05, 4.69) is 59.8 Å². The Morgan fingerprint density at radius 2 is 0.255 bits per heavy atom. The molecule has 0 atom stereocenters. The molecule has 12 aromatic heterocycles. The molecule has 0 aliphatic carbocycles. The van der Waals surface area contributed by atoms with Crippen LogP contribution in [0.4, 0.5) is 0 Å². The summed E-state index contributed by atoms with van der Waals surface area (Å²) in [6.45, 7) is 0. The summed E-state index contributed by atoms with van der Waals surface area (Å²) in [4.78, 5) is 104. The van der Waals surface area contributed by atoms with E-state index in [1.54, 1.807) is 74.4 Å². The van der Waals surface area contributed by atoms with Crippen molar-refractivity contribution in [2.75, 3.05) is 0 Å². The molecule has 0 bridgehead atoms. The number of carboxylic acid groups (broad SMARTS) is 6. The second kappa shape index (κ2) is 75.8. The van der Waals surface area contributed by atoms with E-state index < -0.39 is 35.8 Å². The SMILES string of the molecule is O.O.O.O.O.O.O.O=C([O-])C(=O)[O-].O=C([O-])C(=O)[O-].O=C([O-])C(=O)[O-].[Cl-].[Nb].[Ni+2].[Ni+2].[O-2].[OH3+].[OH3+].[OH3+].[OH3+].c1ccc(-c2ccccn2)nc1.c1ccc(-c2ccccn2)nc1.c1ccc(-c2ccccn2)nc1.c1ccc(-c2ccccn2)nc1.c1ccc(-c2ccccn2)nc1.c1ccc(-c2ccccn2)nc1. The van der Waals surface area contributed by atoms with E-state index in [1.165, 1.54) is 0 Å². The van der Waals surface area contributed by atoms with Gasteiger partial charge in [0.2, 0.25) is 0 Å². The molecule has 12 heterocycles. The van der Waals surface area contributed by atoms with Crippen LogP contribution in [0.1, 0.15) is 0 Å². The summed E-state index contributed by atoms with van der Waals surface area (Å²) in [5.41, 5.74) is 11.0. The first-order valence-corrected chi connectivity index (χ1v) is 25.9. The molecule has 36 nitrogen and oxygen atoms in total. The first-order chi connectivity index (χ1) is 43.7. The van der Waals surface area contributed by atoms with Crippen molar-refractivity contribution in [3.63, 3.8) is 0 Å². The van der Waals surface area contributed by atoms with Crippen LogP contribution in [0.3, 0.4) is 0 Å². The molecular weight excluding hydrogens is 1590 g/mol. The van der Waals surface area contributed by atoms with Gasteiger partial charge in [-0.3, -0.25) is 59.8 Å². The van der Waals surface area contributed by atoms with Crippen LogP contribution in [0.2, 0.25) is 0 Å². The van der Waals surface area contributed by atoms with E-state index in [0.29, 0.717) is 0 Å². The van der Waals surface area contributed by atoms with E-state index in [1.807, 2.05) is 218 Å². The van der Waals surface area contributed by atoms with Crippen molar-refractivity contribution in [1.82, 2.24) is 59.8 Å². The molecule has 0 unspecified atom stereocenters. The summed E-state index contributed by atoms with van der Waals surface area (Å²) in [5, 5.41) is 53.6. The van der Waals surface area contributed by atoms with Crippen molar-refractivity contribution in [2.45, 2.75) is 0 Å². The van der Waals surface area contributed by atoms with E-state index in [0.717, 1.165) is 68.3 Å². The van der Waals surface area contributed by atoms with Gasteiger partial charge in [-0.15, -0.1) is 0 Å². The van der Waals surface area contributed by atoms with Crippen molar-refractivity contribution in [3.05, 3.63) is 293 Å². The maximum atomic E-state index is 8.93. The van der Waals surface area contributed by atoms with Crippen LogP contribution < -0.4 is 43.0 Å². The number of halogens is 1. The van der Waals surface area contributed by atoms with Gasteiger partial charge in [-0.2, -0.15) is 0 Å². The van der Waals surface area contributed by atoms with Crippen LogP contribution in [0.15, 0.2) is 293 Å². The van der Waals surface area contributed by atoms with Crippen molar-refractivity contribution in [3.8, 4) is 68.3 Å². The van der Waals surface area contributed by atoms with Gasteiger partial charge in [0, 0.05) is 96.7 Å². The van der Waals surface area contributed by atoms with E-state index in [-0.39, 0.29) is 133 Å². The summed E-state index contributed by atoms with van der Waals surface area (Å²) < 4.78 is 0. The van der Waals surface area contributed by atoms with Crippen molar-refractivity contribution in [1.29, 1.82) is 0 Å². The summed E-state index contributed by atoms with van der Waals surface area (Å²) in [6, 6.07) is 69.6. The third-order valence-corrected chi connectivity index (χ3v) is 10.1. The van der Waals surface area contributed by atoms with Gasteiger partial charge in [0.05, 0.1) is 104 Å². The van der Waals surface area contributed by atoms with Crippen molar-refractivity contribution >= 4 is 35.8 Å². The predicted molar refractivity (Wildman–Crippen MR) is 360 cm³/mol. The molecule has 0 spiro atoms. The first-order valence-electron chi connectivity index (χ1n) is 25.9. The average Bonchev–Trinajstić information content (AvgIpc) is 0.932. The maximum Gasteiger partial charge on any atom is 2.00 e. The fourth-order valence-electron chi connectivity index (χ4n) is 6.17. The third-order valence-electron chi connectivity index (χ3n) is 10.1. The number of carbonyl (C=O) groups is 6. The molecule has 26 N–H and O–H groups in total. The molecule has 0 saturated heterocycles. The normalized spacial score (nSPS) is 7.81. The Morgan fingerprint density at radius 3 is 0.292 bits per heavy atom. The summed E-state index contributed by atoms with van der Waals surface area (Å²) in [5.74, 6) is -13.1. The van der Waals surface area contributed by atoms with Crippen LogP contribution in [0, 0.1) is 0 Å². The standard InChI is InChI=1S/6C10H8N2.3C2H2O4.ClH.Nb.2Ni.11H2O.O/c6*1-3-7-11-9(5-1)10-6-2-4-8-12-10;3*3-1(4)2(5)6;;;;;;;;;;;;;;;;/h6*1-8H;3*(H,3,4)(H,5,6);1H;;;;11*1H2;/q;;;;;;;;;;;2*+2;;;;;;;;;;;;-2/p-3. The van der Waals surface area contributed by atoms with Crippen LogP contribution in [-0.4, -0.2) is 134 Å². The van der Waals surface area contributed by atoms with Crippen molar-refractivity contribution < 1.29 is 193 Å². The van der Waals surface area contributed by atoms with Crippen LogP contribution in [0.25, 0.3) is 68.3 Å². The van der Waals surface area contributed by atoms with Gasteiger partial charge in [0.25, 0.3) is 0 Å². The molecule has 0 fully saturated rings. The summed E-state index contributed by atoms with van der Waals surface area (Å²) in [6.07, 6.45) is 21.2. The zero-order valence-electron chi connectivity index (χ0n) is 54.7. The van der Waals surface area contributed by atoms with Crippen LogP contribution in [0.5, 0.6) is 0 Å². The number of aromatic nitrogens is 12. The molecule has 12 aromatic rings. The Morgan fingerprint density at radius 1 is 0.189 bits per heavy atom. The summed E-state index contributed by atoms with van der Waals surface area (Å²) in [7, 11) is 0. The number of hydrogen-bond donors (Lipinski definition) is 0. The number of nitrogens with zero attached hydrogens (tertiary/aromatic N) is 12. The average molecular weight is 1670 g/mol. The maximum absolute atomic E-state index is 8.93. The minimum Gasteiger partial charge on any atom is -2.00 e. The molecule has 575 valence electrons. The van der Waals surface area contributed by atoms with E-state index in [9.17, 15) is 0 Å². The van der Waals surface area contributed by atoms with Crippen LogP contribution >= 0.6 is 0 Å². The predicted octanol–water partition coefficient (Wildman–Crippen LogP) is -10.3. The molecular formula is C66H74ClN12NbNi2O24-. The monoisotopic (exact) mass is 1660 g/mol. The van der Waals surface area contributed by atoms with E-state index in [4.69, 9.17) is 59.4 Å². The second-order valence-electron chi connectivity index (χ2n) is 16.3. The molecule has 1 radical (unpaired) electrons. The zero-order chi connectivity index (χ0) is 64.8. The minimum absolute atomic E-state index is 0. The number of pyridine rings is 12. The number of carboxylic acids is 6. The largest absolute Gasteiger partial charge is 2.00 e. The van der Waals surface area contributed by atoms with Crippen molar-refractivity contribution in [2.24, 2.45) is 0 Å². The Hall–Kier alpha value is -11.8. The fraction of sp³-hybridized carbons (Fsp3) is 0. The number of rotatable bonds is 6. The minimum atomic E-state index is -2.19. The number of aliphatic carboxylic acids is 6. The molecule has 0 saturated carbocycles. The van der Waals surface area contributed by atoms with Gasteiger partial charge in [0.15, 0.2) is 0 Å².